The van der Waals surface area contributed by atoms with Gasteiger partial charge in [-0.25, -0.2) is 0 Å². The molecule has 2 aliphatic rings. The molecule has 5 atom stereocenters. The predicted octanol–water partition coefficient (Wildman–Crippen LogP) is 0.469. The van der Waals surface area contributed by atoms with E-state index in [2.05, 4.69) is 15.9 Å². The number of carbonyl (C=O) groups excluding carboxylic acids is 6. The number of nitroso groups, excluding NO2 is 1. The minimum Gasteiger partial charge on any atom is -0.371 e. The van der Waals surface area contributed by atoms with Crippen molar-refractivity contribution >= 4 is 40.9 Å². The van der Waals surface area contributed by atoms with E-state index in [0.717, 1.165) is 0 Å². The van der Waals surface area contributed by atoms with E-state index in [1.54, 1.807) is 13.8 Å². The number of ketones is 2. The van der Waals surface area contributed by atoms with Crippen molar-refractivity contribution in [2.75, 3.05) is 18.7 Å². The molecule has 0 radical (unpaired) electrons. The first-order chi connectivity index (χ1) is 19.3. The number of hydrogen-bond acceptors (Lipinski definition) is 10. The highest BCUT2D eigenvalue weighted by Crippen LogP contribution is 2.32. The summed E-state index contributed by atoms with van der Waals surface area (Å²) in [6.07, 6.45) is -0.775. The molecule has 0 saturated carbocycles. The quantitative estimate of drug-likeness (QED) is 0.263. The van der Waals surface area contributed by atoms with Gasteiger partial charge in [0.2, 0.25) is 17.7 Å². The monoisotopic (exact) mass is 572 g/mol. The Kier molecular flexibility index (Phi) is 10.0. The van der Waals surface area contributed by atoms with Crippen LogP contribution in [0.25, 0.3) is 0 Å². The van der Waals surface area contributed by atoms with Crippen molar-refractivity contribution in [3.63, 3.8) is 0 Å². The smallest absolute Gasteiger partial charge is 0.279 e. The Morgan fingerprint density at radius 1 is 1.10 bits per heavy atom. The minimum absolute atomic E-state index is 0.0868. The number of rotatable bonds is 10. The zero-order valence-electron chi connectivity index (χ0n) is 23.7. The van der Waals surface area contributed by atoms with Crippen LogP contribution in [-0.2, 0) is 23.9 Å². The number of fused-ring (bicyclic) bond motifs is 1. The second kappa shape index (κ2) is 13.1. The molecule has 1 unspecified atom stereocenters. The zero-order chi connectivity index (χ0) is 30.6. The summed E-state index contributed by atoms with van der Waals surface area (Å²) in [5, 5.41) is 8.53. The van der Waals surface area contributed by atoms with Crippen molar-refractivity contribution in [2.45, 2.75) is 77.2 Å². The largest absolute Gasteiger partial charge is 0.371 e. The lowest BCUT2D eigenvalue weighted by molar-refractivity contribution is -0.141. The lowest BCUT2D eigenvalue weighted by atomic mass is 9.89. The van der Waals surface area contributed by atoms with Crippen molar-refractivity contribution in [2.24, 2.45) is 16.9 Å². The van der Waals surface area contributed by atoms with Crippen LogP contribution in [0.4, 0.5) is 5.69 Å². The molecule has 1 aromatic carbocycles. The fraction of sp³-hybridized carbons (Fsp3) is 0.556. The lowest BCUT2D eigenvalue weighted by Crippen LogP contribution is -2.56. The Morgan fingerprint density at radius 3 is 2.37 bits per heavy atom. The third-order valence-electron chi connectivity index (χ3n) is 7.26. The van der Waals surface area contributed by atoms with E-state index in [4.69, 9.17) is 10.5 Å². The number of benzene rings is 1. The molecular weight excluding hydrogens is 536 g/mol. The van der Waals surface area contributed by atoms with Crippen molar-refractivity contribution in [3.05, 3.63) is 34.2 Å². The summed E-state index contributed by atoms with van der Waals surface area (Å²) in [6.45, 7) is 6.70. The van der Waals surface area contributed by atoms with Gasteiger partial charge in [-0.3, -0.25) is 28.8 Å². The summed E-state index contributed by atoms with van der Waals surface area (Å²) in [7, 11) is 1.22. The molecule has 14 heteroatoms. The number of carbonyl (C=O) groups is 6. The van der Waals surface area contributed by atoms with E-state index in [0.29, 0.717) is 24.4 Å². The number of likely N-dealkylation sites (tertiary alicyclic amines) is 1. The molecule has 2 heterocycles. The van der Waals surface area contributed by atoms with Crippen LogP contribution in [0.5, 0.6) is 0 Å². The van der Waals surface area contributed by atoms with E-state index < -0.39 is 77.8 Å². The standard InChI is InChI=1S/C27H36N6O8/c1-13(2)22(30-25(37)18-10-7-11-32(18)26(38)15(4)29-24(36)14(3)28)23(35)16-8-6-9-17-21(16)19(34)12-20(41-5)27(39)33(17)31-40/h6,8-9,13-15,18,20,22H,7,10-12,28H2,1-5H3,(H,29,36)(H,30,37)/t14-,15-,18-,20?,22-/m0/s1. The molecule has 1 aromatic rings. The summed E-state index contributed by atoms with van der Waals surface area (Å²) >= 11 is 0. The zero-order valence-corrected chi connectivity index (χ0v) is 23.7. The van der Waals surface area contributed by atoms with E-state index in [1.165, 1.54) is 44.1 Å². The van der Waals surface area contributed by atoms with Gasteiger partial charge in [0.1, 0.15) is 18.2 Å². The highest BCUT2D eigenvalue weighted by Gasteiger charge is 2.41. The molecule has 3 rings (SSSR count). The number of nitrogens with zero attached hydrogens (tertiary/aromatic N) is 3. The molecule has 0 bridgehead atoms. The van der Waals surface area contributed by atoms with Gasteiger partial charge in [0.15, 0.2) is 11.6 Å². The summed E-state index contributed by atoms with van der Waals surface area (Å²) in [4.78, 5) is 91.2. The molecule has 4 N–H and O–H groups in total. The van der Waals surface area contributed by atoms with Crippen LogP contribution >= 0.6 is 0 Å². The van der Waals surface area contributed by atoms with Gasteiger partial charge >= 0.3 is 0 Å². The van der Waals surface area contributed by atoms with Gasteiger partial charge in [0.05, 0.1) is 28.6 Å². The van der Waals surface area contributed by atoms with Crippen molar-refractivity contribution in [3.8, 4) is 0 Å². The van der Waals surface area contributed by atoms with Gasteiger partial charge in [-0.1, -0.05) is 26.0 Å². The van der Waals surface area contributed by atoms with Crippen LogP contribution in [0.2, 0.25) is 0 Å². The van der Waals surface area contributed by atoms with Gasteiger partial charge in [-0.15, -0.1) is 4.91 Å². The maximum absolute atomic E-state index is 13.9. The number of amides is 4. The molecule has 222 valence electrons. The van der Waals surface area contributed by atoms with Crippen LogP contribution in [0.15, 0.2) is 23.5 Å². The van der Waals surface area contributed by atoms with Crippen LogP contribution < -0.4 is 21.4 Å². The molecule has 0 spiro atoms. The summed E-state index contributed by atoms with van der Waals surface area (Å²) in [5.41, 5.74) is 5.17. The van der Waals surface area contributed by atoms with Crippen molar-refractivity contribution < 1.29 is 33.5 Å². The summed E-state index contributed by atoms with van der Waals surface area (Å²) in [5.74, 6) is -4.01. The number of ether oxygens (including phenoxy) is 1. The second-order valence-electron chi connectivity index (χ2n) is 10.6. The van der Waals surface area contributed by atoms with Crippen molar-refractivity contribution in [1.29, 1.82) is 0 Å². The second-order valence-corrected chi connectivity index (χ2v) is 10.6. The van der Waals surface area contributed by atoms with Crippen molar-refractivity contribution in [1.82, 2.24) is 15.5 Å². The first-order valence-corrected chi connectivity index (χ1v) is 13.4. The van der Waals surface area contributed by atoms with E-state index in [-0.39, 0.29) is 16.8 Å². The summed E-state index contributed by atoms with van der Waals surface area (Å²) in [6, 6.07) is 0.413. The summed E-state index contributed by atoms with van der Waals surface area (Å²) < 4.78 is 5.08. The van der Waals surface area contributed by atoms with Gasteiger partial charge in [0.25, 0.3) is 5.91 Å². The normalized spacial score (nSPS) is 21.0. The Bertz CT molecular complexity index is 1250. The average molecular weight is 573 g/mol. The lowest BCUT2D eigenvalue weighted by Gasteiger charge is -2.30. The Labute approximate surface area is 237 Å². The molecule has 1 saturated heterocycles. The molecule has 41 heavy (non-hydrogen) atoms. The number of nitrogens with one attached hydrogen (secondary N) is 2. The maximum Gasteiger partial charge on any atom is 0.279 e. The number of Topliss-reactive ketones (excluding diaryl/α,β-unsaturated/α-hetero) is 2. The van der Waals surface area contributed by atoms with Gasteiger partial charge in [-0.2, -0.15) is 5.01 Å². The molecule has 4 amide bonds. The fourth-order valence-electron chi connectivity index (χ4n) is 5.01. The van der Waals surface area contributed by atoms with Crippen LogP contribution in [0, 0.1) is 10.8 Å². The number of methoxy groups -OCH3 is 1. The molecular formula is C27H36N6O8. The third-order valence-corrected chi connectivity index (χ3v) is 7.26. The predicted molar refractivity (Wildman–Crippen MR) is 147 cm³/mol. The van der Waals surface area contributed by atoms with E-state index in [9.17, 15) is 33.7 Å². The first-order valence-electron chi connectivity index (χ1n) is 13.4. The van der Waals surface area contributed by atoms with Gasteiger partial charge in [0, 0.05) is 25.6 Å². The average Bonchev–Trinajstić information content (AvgIpc) is 3.40. The van der Waals surface area contributed by atoms with Crippen LogP contribution in [0.1, 0.15) is 67.7 Å². The number of hydrogen-bond donors (Lipinski definition) is 3. The van der Waals surface area contributed by atoms with Gasteiger partial charge < -0.3 is 26.0 Å². The van der Waals surface area contributed by atoms with E-state index in [1.807, 2.05) is 0 Å². The fourth-order valence-corrected chi connectivity index (χ4v) is 5.01. The Morgan fingerprint density at radius 2 is 1.78 bits per heavy atom. The number of anilines is 1. The molecule has 14 nitrogen and oxygen atoms in total. The molecule has 0 aromatic heterocycles. The third kappa shape index (κ3) is 6.49. The minimum atomic E-state index is -1.26. The highest BCUT2D eigenvalue weighted by atomic mass is 16.5. The maximum atomic E-state index is 13.9. The van der Waals surface area contributed by atoms with Crippen LogP contribution in [-0.4, -0.2) is 84.0 Å². The number of nitrogens with two attached hydrogens (primary N) is 1. The van der Waals surface area contributed by atoms with Crippen LogP contribution in [0.3, 0.4) is 0 Å². The SMILES string of the molecule is COC1CC(=O)c2c(C(=O)[C@@H](NC(=O)[C@@H]3CCCN3C(=O)[C@H](C)NC(=O)[C@H](C)N)C(C)C)cccc2N(N=O)C1=O. The topological polar surface area (TPSA) is 198 Å². The Balaban J connectivity index is 1.88. The molecule has 2 aliphatic heterocycles. The molecule has 0 aliphatic carbocycles. The Hall–Kier alpha value is -4.04. The van der Waals surface area contributed by atoms with E-state index >= 15 is 0 Å². The highest BCUT2D eigenvalue weighted by molar-refractivity contribution is 6.18. The molecule has 1 fully saturated rings. The first kappa shape index (κ1) is 31.5. The van der Waals surface area contributed by atoms with Gasteiger partial charge in [-0.05, 0) is 38.7 Å².